The molecule has 0 spiro atoms. The summed E-state index contributed by atoms with van der Waals surface area (Å²) in [5, 5.41) is 5.14. The van der Waals surface area contributed by atoms with Crippen LogP contribution in [-0.2, 0) is 6.61 Å². The van der Waals surface area contributed by atoms with Crippen molar-refractivity contribution in [2.24, 2.45) is 4.99 Å². The normalized spacial score (nSPS) is 13.9. The van der Waals surface area contributed by atoms with E-state index in [2.05, 4.69) is 15.1 Å². The standard InChI is InChI=1S/C21H15N5O2S/c22-19-16(10-13-11-23-17-9-5-4-8-15(13)17)20(27)24-21-26(19)25-18(29-21)12-28-14-6-2-1-3-7-14/h1-11H,12,22H2/b13-10-. The Labute approximate surface area is 169 Å². The second-order valence-corrected chi connectivity index (χ2v) is 7.42. The van der Waals surface area contributed by atoms with Crippen molar-refractivity contribution in [2.45, 2.75) is 6.61 Å². The summed E-state index contributed by atoms with van der Waals surface area (Å²) >= 11 is 1.27. The van der Waals surface area contributed by atoms with Gasteiger partial charge >= 0.3 is 0 Å². The molecule has 0 amide bonds. The number of fused-ring (bicyclic) bond motifs is 2. The number of aliphatic imine (C=N–C) groups is 1. The number of anilines is 1. The lowest BCUT2D eigenvalue weighted by atomic mass is 10.1. The van der Waals surface area contributed by atoms with Gasteiger partial charge in [0.15, 0.2) is 5.01 Å². The lowest BCUT2D eigenvalue weighted by Crippen LogP contribution is -2.16. The summed E-state index contributed by atoms with van der Waals surface area (Å²) in [4.78, 5) is 21.5. The van der Waals surface area contributed by atoms with E-state index >= 15 is 0 Å². The minimum atomic E-state index is -0.396. The van der Waals surface area contributed by atoms with E-state index < -0.39 is 5.56 Å². The molecule has 0 saturated heterocycles. The highest BCUT2D eigenvalue weighted by Crippen LogP contribution is 2.32. The van der Waals surface area contributed by atoms with Crippen LogP contribution in [0.15, 0.2) is 64.4 Å². The summed E-state index contributed by atoms with van der Waals surface area (Å²) in [5.41, 5.74) is 8.80. The Morgan fingerprint density at radius 1 is 1.10 bits per heavy atom. The van der Waals surface area contributed by atoms with E-state index in [0.717, 1.165) is 22.6 Å². The van der Waals surface area contributed by atoms with E-state index in [-0.39, 0.29) is 12.4 Å². The highest BCUT2D eigenvalue weighted by atomic mass is 32.1. The van der Waals surface area contributed by atoms with Crippen molar-refractivity contribution in [3.05, 3.63) is 81.1 Å². The molecule has 0 fully saturated rings. The summed E-state index contributed by atoms with van der Waals surface area (Å²) < 4.78 is 7.21. The zero-order valence-electron chi connectivity index (χ0n) is 15.1. The number of aromatic nitrogens is 3. The summed E-state index contributed by atoms with van der Waals surface area (Å²) in [6.07, 6.45) is 3.44. The van der Waals surface area contributed by atoms with Gasteiger partial charge in [0.1, 0.15) is 18.2 Å². The minimum absolute atomic E-state index is 0.243. The number of nitrogen functional groups attached to an aromatic ring is 1. The Morgan fingerprint density at radius 2 is 1.90 bits per heavy atom. The van der Waals surface area contributed by atoms with Crippen LogP contribution in [0.2, 0.25) is 0 Å². The number of ether oxygens (including phenoxy) is 1. The number of hydrogen-bond donors (Lipinski definition) is 1. The lowest BCUT2D eigenvalue weighted by molar-refractivity contribution is 0.304. The molecule has 2 aromatic heterocycles. The average Bonchev–Trinajstić information content (AvgIpc) is 3.34. The van der Waals surface area contributed by atoms with Crippen LogP contribution in [-0.4, -0.2) is 20.8 Å². The Kier molecular flexibility index (Phi) is 4.18. The molecular weight excluding hydrogens is 386 g/mol. The number of para-hydroxylation sites is 2. The predicted molar refractivity (Wildman–Crippen MR) is 115 cm³/mol. The molecule has 0 saturated carbocycles. The zero-order valence-corrected chi connectivity index (χ0v) is 16.0. The van der Waals surface area contributed by atoms with E-state index in [1.165, 1.54) is 15.9 Å². The molecule has 0 aliphatic carbocycles. The lowest BCUT2D eigenvalue weighted by Gasteiger charge is -2.03. The van der Waals surface area contributed by atoms with Gasteiger partial charge in [-0.1, -0.05) is 47.7 Å². The zero-order chi connectivity index (χ0) is 19.8. The van der Waals surface area contributed by atoms with Gasteiger partial charge in [0.2, 0.25) is 4.96 Å². The highest BCUT2D eigenvalue weighted by Gasteiger charge is 2.17. The van der Waals surface area contributed by atoms with Crippen molar-refractivity contribution < 1.29 is 4.74 Å². The summed E-state index contributed by atoms with van der Waals surface area (Å²) in [5.74, 6) is 0.985. The predicted octanol–water partition coefficient (Wildman–Crippen LogP) is 3.57. The summed E-state index contributed by atoms with van der Waals surface area (Å²) in [6.45, 7) is 0.266. The molecular formula is C21H15N5O2S. The molecule has 142 valence electrons. The Morgan fingerprint density at radius 3 is 2.76 bits per heavy atom. The van der Waals surface area contributed by atoms with Gasteiger partial charge in [0.25, 0.3) is 5.56 Å². The Bertz CT molecular complexity index is 1340. The van der Waals surface area contributed by atoms with Gasteiger partial charge in [0, 0.05) is 17.4 Å². The van der Waals surface area contributed by atoms with E-state index in [1.54, 1.807) is 12.3 Å². The molecule has 8 heteroatoms. The largest absolute Gasteiger partial charge is 0.486 e. The third-order valence-corrected chi connectivity index (χ3v) is 5.38. The Balaban J connectivity index is 1.51. The van der Waals surface area contributed by atoms with Gasteiger partial charge in [-0.25, -0.2) is 0 Å². The van der Waals surface area contributed by atoms with E-state index in [4.69, 9.17) is 10.5 Å². The topological polar surface area (TPSA) is 94.9 Å². The van der Waals surface area contributed by atoms with Crippen LogP contribution in [0, 0.1) is 0 Å². The van der Waals surface area contributed by atoms with Crippen molar-refractivity contribution in [3.8, 4) is 5.75 Å². The molecule has 4 aromatic rings. The first kappa shape index (κ1) is 17.3. The van der Waals surface area contributed by atoms with Crippen LogP contribution < -0.4 is 16.0 Å². The molecule has 7 nitrogen and oxygen atoms in total. The fourth-order valence-corrected chi connectivity index (χ4v) is 3.89. The third kappa shape index (κ3) is 3.19. The molecule has 2 N–H and O–H groups in total. The summed E-state index contributed by atoms with van der Waals surface area (Å²) in [6, 6.07) is 17.2. The number of hydrogen-bond acceptors (Lipinski definition) is 7. The SMILES string of the molecule is Nc1c(/C=C2/C=Nc3ccccc32)c(=O)nc2sc(COc3ccccc3)nn12. The van der Waals surface area contributed by atoms with E-state index in [9.17, 15) is 4.79 Å². The maximum absolute atomic E-state index is 12.6. The maximum atomic E-state index is 12.6. The molecule has 0 bridgehead atoms. The number of rotatable bonds is 4. The van der Waals surface area contributed by atoms with Gasteiger partial charge < -0.3 is 10.5 Å². The molecule has 2 aromatic carbocycles. The van der Waals surface area contributed by atoms with E-state index in [1.807, 2.05) is 54.6 Å². The van der Waals surface area contributed by atoms with Crippen molar-refractivity contribution in [1.82, 2.24) is 14.6 Å². The maximum Gasteiger partial charge on any atom is 0.283 e. The van der Waals surface area contributed by atoms with Crippen LogP contribution in [0.4, 0.5) is 11.5 Å². The first-order valence-corrected chi connectivity index (χ1v) is 9.72. The molecule has 1 aliphatic rings. The van der Waals surface area contributed by atoms with Crippen LogP contribution in [0.3, 0.4) is 0 Å². The molecule has 29 heavy (non-hydrogen) atoms. The molecule has 0 radical (unpaired) electrons. The smallest absolute Gasteiger partial charge is 0.283 e. The van der Waals surface area contributed by atoms with Crippen LogP contribution in [0.25, 0.3) is 16.6 Å². The van der Waals surface area contributed by atoms with Crippen LogP contribution in [0.1, 0.15) is 16.1 Å². The molecule has 3 heterocycles. The quantitative estimate of drug-likeness (QED) is 0.564. The molecule has 0 atom stereocenters. The second-order valence-electron chi connectivity index (χ2n) is 6.38. The van der Waals surface area contributed by atoms with E-state index in [0.29, 0.717) is 15.5 Å². The van der Waals surface area contributed by atoms with Crippen LogP contribution in [0.5, 0.6) is 5.75 Å². The fraction of sp³-hybridized carbons (Fsp3) is 0.0476. The van der Waals surface area contributed by atoms with Gasteiger partial charge in [-0.15, -0.1) is 0 Å². The molecule has 5 rings (SSSR count). The number of allylic oxidation sites excluding steroid dienone is 1. The van der Waals surface area contributed by atoms with Crippen molar-refractivity contribution in [2.75, 3.05) is 5.73 Å². The van der Waals surface area contributed by atoms with Crippen molar-refractivity contribution >= 4 is 45.7 Å². The second kappa shape index (κ2) is 6.99. The average molecular weight is 401 g/mol. The minimum Gasteiger partial charge on any atom is -0.486 e. The van der Waals surface area contributed by atoms with Gasteiger partial charge in [-0.2, -0.15) is 14.6 Å². The monoisotopic (exact) mass is 401 g/mol. The van der Waals surface area contributed by atoms with Crippen molar-refractivity contribution in [3.63, 3.8) is 0 Å². The van der Waals surface area contributed by atoms with Gasteiger partial charge in [0.05, 0.1) is 11.3 Å². The molecule has 1 aliphatic heterocycles. The van der Waals surface area contributed by atoms with Crippen LogP contribution >= 0.6 is 11.3 Å². The third-order valence-electron chi connectivity index (χ3n) is 4.50. The van der Waals surface area contributed by atoms with Crippen molar-refractivity contribution in [1.29, 1.82) is 0 Å². The fourth-order valence-electron chi connectivity index (χ4n) is 3.09. The highest BCUT2D eigenvalue weighted by molar-refractivity contribution is 7.16. The number of nitrogens with zero attached hydrogens (tertiary/aromatic N) is 4. The molecule has 0 unspecified atom stereocenters. The first-order chi connectivity index (χ1) is 14.2. The first-order valence-electron chi connectivity index (χ1n) is 8.90. The van der Waals surface area contributed by atoms with Gasteiger partial charge in [-0.05, 0) is 24.3 Å². The Hall–Kier alpha value is -3.78. The number of benzene rings is 2. The summed E-state index contributed by atoms with van der Waals surface area (Å²) in [7, 11) is 0. The number of nitrogens with two attached hydrogens (primary N) is 1. The van der Waals surface area contributed by atoms with Gasteiger partial charge in [-0.3, -0.25) is 9.79 Å².